The molecule has 5 heteroatoms. The van der Waals surface area contributed by atoms with Gasteiger partial charge >= 0.3 is 7.82 Å². The van der Waals surface area contributed by atoms with Crippen molar-refractivity contribution >= 4 is 7.82 Å². The van der Waals surface area contributed by atoms with Crippen LogP contribution in [0.5, 0.6) is 11.5 Å². The van der Waals surface area contributed by atoms with Gasteiger partial charge < -0.3 is 9.05 Å². The van der Waals surface area contributed by atoms with Gasteiger partial charge in [-0.05, 0) is 37.1 Å². The van der Waals surface area contributed by atoms with Gasteiger partial charge in [0.05, 0.1) is 6.10 Å². The van der Waals surface area contributed by atoms with Gasteiger partial charge in [0.2, 0.25) is 0 Å². The summed E-state index contributed by atoms with van der Waals surface area (Å²) in [7, 11) is -3.78. The topological polar surface area (TPSA) is 44.8 Å². The molecular weight excluding hydrogens is 335 g/mol. The number of unbranched alkanes of at least 4 members (excludes halogenated alkanes) is 2. The number of phosphoric ester groups is 1. The Morgan fingerprint density at radius 1 is 0.840 bits per heavy atom. The molecule has 1 atom stereocenters. The Kier molecular flexibility index (Phi) is 8.03. The van der Waals surface area contributed by atoms with E-state index in [1.807, 2.05) is 43.3 Å². The summed E-state index contributed by atoms with van der Waals surface area (Å²) in [5.41, 5.74) is 0. The van der Waals surface area contributed by atoms with Crippen LogP contribution in [0, 0.1) is 0 Å². The molecule has 0 bridgehead atoms. The molecule has 0 saturated carbocycles. The van der Waals surface area contributed by atoms with Crippen LogP contribution in [0.1, 0.15) is 46.0 Å². The maximum absolute atomic E-state index is 13.3. The van der Waals surface area contributed by atoms with Crippen LogP contribution in [-0.4, -0.2) is 6.10 Å². The Morgan fingerprint density at radius 3 is 1.80 bits per heavy atom. The van der Waals surface area contributed by atoms with E-state index >= 15 is 0 Å². The van der Waals surface area contributed by atoms with Gasteiger partial charge in [0.1, 0.15) is 11.5 Å². The summed E-state index contributed by atoms with van der Waals surface area (Å²) in [4.78, 5) is 0. The minimum absolute atomic E-state index is 0.162. The highest BCUT2D eigenvalue weighted by Crippen LogP contribution is 2.51. The second-order valence-electron chi connectivity index (χ2n) is 5.89. The molecule has 4 nitrogen and oxygen atoms in total. The summed E-state index contributed by atoms with van der Waals surface area (Å²) in [6.07, 6.45) is 4.73. The predicted molar refractivity (Wildman–Crippen MR) is 101 cm³/mol. The monoisotopic (exact) mass is 362 g/mol. The smallest absolute Gasteiger partial charge is 0.395 e. The number of hydrogen-bond donors (Lipinski definition) is 0. The second kappa shape index (κ2) is 10.3. The number of hydrogen-bond acceptors (Lipinski definition) is 4. The Labute approximate surface area is 150 Å². The van der Waals surface area contributed by atoms with Crippen LogP contribution in [0.15, 0.2) is 60.7 Å². The Hall–Kier alpha value is -1.77. The molecule has 136 valence electrons. The van der Waals surface area contributed by atoms with Crippen LogP contribution in [0.2, 0.25) is 0 Å². The first-order chi connectivity index (χ1) is 12.1. The van der Waals surface area contributed by atoms with E-state index in [1.165, 1.54) is 0 Å². The maximum Gasteiger partial charge on any atom is 0.587 e. The lowest BCUT2D eigenvalue weighted by Crippen LogP contribution is -2.15. The van der Waals surface area contributed by atoms with Crippen LogP contribution in [-0.2, 0) is 9.09 Å². The largest absolute Gasteiger partial charge is 0.587 e. The van der Waals surface area contributed by atoms with E-state index in [0.29, 0.717) is 11.5 Å². The summed E-state index contributed by atoms with van der Waals surface area (Å²) in [6, 6.07) is 18.0. The molecule has 0 aliphatic rings. The predicted octanol–water partition coefficient (Wildman–Crippen LogP) is 6.63. The number of phosphoric acid groups is 1. The first-order valence-electron chi connectivity index (χ1n) is 8.93. The standard InChI is InChI=1S/C20H27O4P/c1-3-5-8-13-18(4-2)22-25(21,23-19-14-9-6-10-15-19)24-20-16-11-7-12-17-20/h6-7,9-12,14-18H,3-5,8,13H2,1-2H3. The van der Waals surface area contributed by atoms with Crippen LogP contribution >= 0.6 is 7.82 Å². The third-order valence-electron chi connectivity index (χ3n) is 3.78. The van der Waals surface area contributed by atoms with Crippen LogP contribution in [0.25, 0.3) is 0 Å². The van der Waals surface area contributed by atoms with Crippen LogP contribution < -0.4 is 9.05 Å². The van der Waals surface area contributed by atoms with E-state index < -0.39 is 7.82 Å². The summed E-state index contributed by atoms with van der Waals surface area (Å²) in [5.74, 6) is 0.926. The Bertz CT molecular complexity index is 600. The van der Waals surface area contributed by atoms with Crippen molar-refractivity contribution in [1.29, 1.82) is 0 Å². The lowest BCUT2D eigenvalue weighted by Gasteiger charge is -2.23. The molecule has 0 radical (unpaired) electrons. The fraction of sp³-hybridized carbons (Fsp3) is 0.400. The first-order valence-corrected chi connectivity index (χ1v) is 10.4. The molecule has 0 aromatic heterocycles. The molecule has 0 amide bonds. The lowest BCUT2D eigenvalue weighted by molar-refractivity contribution is 0.130. The molecule has 0 spiro atoms. The molecule has 0 saturated heterocycles. The van der Waals surface area contributed by atoms with Gasteiger partial charge in [-0.25, -0.2) is 4.57 Å². The molecule has 25 heavy (non-hydrogen) atoms. The zero-order valence-electron chi connectivity index (χ0n) is 15.0. The first kappa shape index (κ1) is 19.6. The second-order valence-corrected chi connectivity index (χ2v) is 7.36. The molecule has 0 fully saturated rings. The average molecular weight is 362 g/mol. The van der Waals surface area contributed by atoms with Crippen molar-refractivity contribution in [3.63, 3.8) is 0 Å². The average Bonchev–Trinajstić information content (AvgIpc) is 2.62. The molecule has 0 heterocycles. The molecular formula is C20H27O4P. The third kappa shape index (κ3) is 6.93. The van der Waals surface area contributed by atoms with Crippen molar-refractivity contribution in [2.75, 3.05) is 0 Å². The Morgan fingerprint density at radius 2 is 1.36 bits per heavy atom. The maximum atomic E-state index is 13.3. The lowest BCUT2D eigenvalue weighted by atomic mass is 10.1. The van der Waals surface area contributed by atoms with E-state index in [4.69, 9.17) is 13.6 Å². The number of benzene rings is 2. The molecule has 0 N–H and O–H groups in total. The van der Waals surface area contributed by atoms with E-state index in [1.54, 1.807) is 24.3 Å². The van der Waals surface area contributed by atoms with Gasteiger partial charge in [-0.2, -0.15) is 0 Å². The van der Waals surface area contributed by atoms with Crippen molar-refractivity contribution in [3.05, 3.63) is 60.7 Å². The van der Waals surface area contributed by atoms with Crippen molar-refractivity contribution < 1.29 is 18.1 Å². The van der Waals surface area contributed by atoms with Gasteiger partial charge in [0.15, 0.2) is 0 Å². The summed E-state index contributed by atoms with van der Waals surface area (Å²) < 4.78 is 30.5. The highest BCUT2D eigenvalue weighted by atomic mass is 31.2. The molecule has 0 aliphatic heterocycles. The van der Waals surface area contributed by atoms with Crippen molar-refractivity contribution in [1.82, 2.24) is 0 Å². The van der Waals surface area contributed by atoms with E-state index in [0.717, 1.165) is 32.1 Å². The van der Waals surface area contributed by atoms with Gasteiger partial charge in [-0.15, -0.1) is 0 Å². The van der Waals surface area contributed by atoms with Gasteiger partial charge in [-0.1, -0.05) is 69.5 Å². The van der Waals surface area contributed by atoms with E-state index in [2.05, 4.69) is 6.92 Å². The minimum atomic E-state index is -3.78. The summed E-state index contributed by atoms with van der Waals surface area (Å²) in [6.45, 7) is 4.18. The quantitative estimate of drug-likeness (QED) is 0.332. The normalized spacial score (nSPS) is 12.6. The highest BCUT2D eigenvalue weighted by Gasteiger charge is 2.34. The van der Waals surface area contributed by atoms with Gasteiger partial charge in [0.25, 0.3) is 0 Å². The van der Waals surface area contributed by atoms with Gasteiger partial charge in [0, 0.05) is 0 Å². The summed E-state index contributed by atoms with van der Waals surface area (Å²) in [5, 5.41) is 0. The molecule has 2 aromatic carbocycles. The third-order valence-corrected chi connectivity index (χ3v) is 5.21. The number of rotatable bonds is 11. The fourth-order valence-corrected chi connectivity index (χ4v) is 3.92. The molecule has 2 rings (SSSR count). The zero-order chi connectivity index (χ0) is 18.0. The van der Waals surface area contributed by atoms with E-state index in [-0.39, 0.29) is 6.10 Å². The Balaban J connectivity index is 2.14. The van der Waals surface area contributed by atoms with Crippen LogP contribution in [0.3, 0.4) is 0 Å². The van der Waals surface area contributed by atoms with Gasteiger partial charge in [-0.3, -0.25) is 4.52 Å². The molecule has 1 unspecified atom stereocenters. The fourth-order valence-electron chi connectivity index (χ4n) is 2.42. The summed E-state index contributed by atoms with van der Waals surface area (Å²) >= 11 is 0. The molecule has 2 aromatic rings. The van der Waals surface area contributed by atoms with Crippen molar-refractivity contribution in [3.8, 4) is 11.5 Å². The van der Waals surface area contributed by atoms with Crippen LogP contribution in [0.4, 0.5) is 0 Å². The van der Waals surface area contributed by atoms with Crippen molar-refractivity contribution in [2.45, 2.75) is 52.1 Å². The SMILES string of the molecule is CCCCCC(CC)OP(=O)(Oc1ccccc1)Oc1ccccc1. The van der Waals surface area contributed by atoms with Crippen molar-refractivity contribution in [2.24, 2.45) is 0 Å². The molecule has 0 aliphatic carbocycles. The number of para-hydroxylation sites is 2. The van der Waals surface area contributed by atoms with E-state index in [9.17, 15) is 4.57 Å². The zero-order valence-corrected chi connectivity index (χ0v) is 15.9. The highest BCUT2D eigenvalue weighted by molar-refractivity contribution is 7.49. The minimum Gasteiger partial charge on any atom is -0.395 e.